The van der Waals surface area contributed by atoms with Crippen LogP contribution in [-0.4, -0.2) is 28.0 Å². The lowest BCUT2D eigenvalue weighted by Crippen LogP contribution is -2.34. The van der Waals surface area contributed by atoms with Crippen molar-refractivity contribution in [2.45, 2.75) is 6.92 Å². The molecule has 10 heteroatoms. The van der Waals surface area contributed by atoms with Crippen molar-refractivity contribution in [3.63, 3.8) is 0 Å². The molecule has 0 saturated heterocycles. The summed E-state index contributed by atoms with van der Waals surface area (Å²) >= 11 is 12.0. The maximum Gasteiger partial charge on any atom is 0.235 e. The van der Waals surface area contributed by atoms with E-state index >= 15 is 0 Å². The SMILES string of the molecule is Cc1cc(Oc2cccnc2)nc(N(C)/C(=N\C#N)Nc2ccc(Cl)c(Cl)c2)n1. The van der Waals surface area contributed by atoms with Gasteiger partial charge in [-0.1, -0.05) is 23.2 Å². The fraction of sp³-hybridized carbons (Fsp3) is 0.105. The van der Waals surface area contributed by atoms with E-state index in [1.165, 1.54) is 4.90 Å². The molecule has 8 nitrogen and oxygen atoms in total. The molecule has 1 aromatic carbocycles. The highest BCUT2D eigenvalue weighted by Gasteiger charge is 2.15. The molecule has 0 saturated carbocycles. The van der Waals surface area contributed by atoms with Crippen molar-refractivity contribution in [3.05, 3.63) is 64.5 Å². The van der Waals surface area contributed by atoms with Crippen molar-refractivity contribution in [3.8, 4) is 17.8 Å². The van der Waals surface area contributed by atoms with Gasteiger partial charge in [-0.2, -0.15) is 10.2 Å². The molecule has 2 aromatic heterocycles. The molecular weight excluding hydrogens is 413 g/mol. The molecule has 0 aliphatic heterocycles. The number of ether oxygens (including phenoxy) is 1. The van der Waals surface area contributed by atoms with Gasteiger partial charge in [0.15, 0.2) is 0 Å². The molecule has 146 valence electrons. The van der Waals surface area contributed by atoms with Gasteiger partial charge in [-0.05, 0) is 37.3 Å². The summed E-state index contributed by atoms with van der Waals surface area (Å²) in [5.41, 5.74) is 1.27. The molecule has 0 spiro atoms. The van der Waals surface area contributed by atoms with Crippen LogP contribution in [0, 0.1) is 18.4 Å². The van der Waals surface area contributed by atoms with Crippen molar-refractivity contribution in [2.24, 2.45) is 4.99 Å². The molecule has 0 bridgehead atoms. The van der Waals surface area contributed by atoms with E-state index < -0.39 is 0 Å². The third-order valence-corrected chi connectivity index (χ3v) is 4.36. The van der Waals surface area contributed by atoms with Gasteiger partial charge in [0.05, 0.1) is 16.2 Å². The molecule has 3 aromatic rings. The zero-order valence-electron chi connectivity index (χ0n) is 15.5. The average Bonchev–Trinajstić information content (AvgIpc) is 2.70. The first kappa shape index (κ1) is 20.3. The number of nitrogens with zero attached hydrogens (tertiary/aromatic N) is 6. The van der Waals surface area contributed by atoms with Crippen molar-refractivity contribution >= 4 is 40.8 Å². The molecular formula is C19H15Cl2N7O. The largest absolute Gasteiger partial charge is 0.437 e. The Hall–Kier alpha value is -3.41. The fourth-order valence-electron chi connectivity index (χ4n) is 2.29. The summed E-state index contributed by atoms with van der Waals surface area (Å²) in [6.45, 7) is 1.81. The molecule has 2 heterocycles. The van der Waals surface area contributed by atoms with E-state index in [-0.39, 0.29) is 11.9 Å². The van der Waals surface area contributed by atoms with Gasteiger partial charge in [-0.25, -0.2) is 4.98 Å². The molecule has 0 atom stereocenters. The topological polar surface area (TPSA) is 99.3 Å². The highest BCUT2D eigenvalue weighted by atomic mass is 35.5. The van der Waals surface area contributed by atoms with Crippen LogP contribution in [0.4, 0.5) is 11.6 Å². The predicted octanol–water partition coefficient (Wildman–Crippen LogP) is 4.66. The van der Waals surface area contributed by atoms with E-state index in [0.717, 1.165) is 0 Å². The monoisotopic (exact) mass is 427 g/mol. The number of pyridine rings is 1. The molecule has 0 unspecified atom stereocenters. The Kier molecular flexibility index (Phi) is 6.44. The Morgan fingerprint density at radius 1 is 1.21 bits per heavy atom. The number of hydrogen-bond donors (Lipinski definition) is 1. The lowest BCUT2D eigenvalue weighted by Gasteiger charge is -2.20. The van der Waals surface area contributed by atoms with Crippen molar-refractivity contribution < 1.29 is 4.74 Å². The van der Waals surface area contributed by atoms with Crippen molar-refractivity contribution in [2.75, 3.05) is 17.3 Å². The van der Waals surface area contributed by atoms with E-state index in [9.17, 15) is 0 Å². The van der Waals surface area contributed by atoms with Crippen LogP contribution in [0.15, 0.2) is 53.8 Å². The number of aliphatic imine (C=N–C) groups is 1. The number of anilines is 2. The minimum absolute atomic E-state index is 0.198. The minimum Gasteiger partial charge on any atom is -0.437 e. The summed E-state index contributed by atoms with van der Waals surface area (Å²) in [7, 11) is 1.67. The molecule has 1 N–H and O–H groups in total. The fourth-order valence-corrected chi connectivity index (χ4v) is 2.58. The Balaban J connectivity index is 1.87. The summed E-state index contributed by atoms with van der Waals surface area (Å²) in [4.78, 5) is 18.1. The molecule has 0 aliphatic carbocycles. The Morgan fingerprint density at radius 2 is 2.03 bits per heavy atom. The smallest absolute Gasteiger partial charge is 0.235 e. The number of benzene rings is 1. The minimum atomic E-state index is 0.198. The lowest BCUT2D eigenvalue weighted by atomic mass is 10.3. The summed E-state index contributed by atoms with van der Waals surface area (Å²) in [6, 6.07) is 10.2. The van der Waals surface area contributed by atoms with Crippen LogP contribution in [0.1, 0.15) is 5.69 Å². The second-order valence-electron chi connectivity index (χ2n) is 5.79. The summed E-state index contributed by atoms with van der Waals surface area (Å²) in [6.07, 6.45) is 4.99. The number of aromatic nitrogens is 3. The second-order valence-corrected chi connectivity index (χ2v) is 6.60. The average molecular weight is 428 g/mol. The Labute approximate surface area is 177 Å². The zero-order valence-corrected chi connectivity index (χ0v) is 17.0. The maximum absolute atomic E-state index is 9.09. The van der Waals surface area contributed by atoms with Crippen LogP contribution >= 0.6 is 23.2 Å². The normalized spacial score (nSPS) is 10.9. The number of hydrogen-bond acceptors (Lipinski definition) is 6. The first-order valence-electron chi connectivity index (χ1n) is 8.32. The van der Waals surface area contributed by atoms with E-state index in [1.54, 1.807) is 62.0 Å². The maximum atomic E-state index is 9.09. The van der Waals surface area contributed by atoms with E-state index in [2.05, 4.69) is 25.3 Å². The molecule has 3 rings (SSSR count). The third kappa shape index (κ3) is 5.31. The summed E-state index contributed by atoms with van der Waals surface area (Å²) < 4.78 is 5.74. The highest BCUT2D eigenvalue weighted by Crippen LogP contribution is 2.26. The van der Waals surface area contributed by atoms with Gasteiger partial charge in [0.1, 0.15) is 5.75 Å². The van der Waals surface area contributed by atoms with Crippen LogP contribution < -0.4 is 15.0 Å². The number of halogens is 2. The van der Waals surface area contributed by atoms with Crippen LogP contribution in [0.3, 0.4) is 0 Å². The number of nitrogens with one attached hydrogen (secondary N) is 1. The van der Waals surface area contributed by atoms with E-state index in [1.807, 2.05) is 6.92 Å². The number of aryl methyl sites for hydroxylation is 1. The van der Waals surface area contributed by atoms with Crippen molar-refractivity contribution in [1.82, 2.24) is 15.0 Å². The predicted molar refractivity (Wildman–Crippen MR) is 113 cm³/mol. The Morgan fingerprint density at radius 3 is 2.72 bits per heavy atom. The molecule has 29 heavy (non-hydrogen) atoms. The van der Waals surface area contributed by atoms with Crippen LogP contribution in [0.25, 0.3) is 0 Å². The lowest BCUT2D eigenvalue weighted by molar-refractivity contribution is 0.459. The first-order chi connectivity index (χ1) is 14.0. The second kappa shape index (κ2) is 9.19. The molecule has 0 amide bonds. The van der Waals surface area contributed by atoms with Crippen molar-refractivity contribution in [1.29, 1.82) is 5.26 Å². The summed E-state index contributed by atoms with van der Waals surface area (Å²) in [5, 5.41) is 12.9. The van der Waals surface area contributed by atoms with Gasteiger partial charge in [0, 0.05) is 30.7 Å². The van der Waals surface area contributed by atoms with Crippen LogP contribution in [0.5, 0.6) is 11.6 Å². The first-order valence-corrected chi connectivity index (χ1v) is 9.08. The number of nitriles is 1. The standard InChI is InChI=1S/C19H15Cl2N7O/c1-12-8-17(29-14-4-3-7-23-10-14)27-19(25-12)28(2)18(24-11-22)26-13-5-6-15(20)16(21)9-13/h3-10H,1-2H3,(H,24,26). The Bertz CT molecular complexity index is 1080. The van der Waals surface area contributed by atoms with Gasteiger partial charge in [-0.3, -0.25) is 9.88 Å². The zero-order chi connectivity index (χ0) is 20.8. The summed E-state index contributed by atoms with van der Waals surface area (Å²) in [5.74, 6) is 1.35. The number of guanidine groups is 1. The van der Waals surface area contributed by atoms with Gasteiger partial charge in [-0.15, -0.1) is 4.99 Å². The molecule has 0 radical (unpaired) electrons. The van der Waals surface area contributed by atoms with E-state index in [4.69, 9.17) is 33.2 Å². The van der Waals surface area contributed by atoms with E-state index in [0.29, 0.717) is 33.1 Å². The highest BCUT2D eigenvalue weighted by molar-refractivity contribution is 6.42. The third-order valence-electron chi connectivity index (χ3n) is 3.63. The van der Waals surface area contributed by atoms with Crippen LogP contribution in [-0.2, 0) is 0 Å². The van der Waals surface area contributed by atoms with Crippen LogP contribution in [0.2, 0.25) is 10.0 Å². The number of rotatable bonds is 4. The van der Waals surface area contributed by atoms with Gasteiger partial charge in [0.25, 0.3) is 0 Å². The quantitative estimate of drug-likeness (QED) is 0.366. The molecule has 0 fully saturated rings. The van der Waals surface area contributed by atoms with Gasteiger partial charge in [0.2, 0.25) is 24.0 Å². The van der Waals surface area contributed by atoms with Gasteiger partial charge >= 0.3 is 0 Å². The molecule has 0 aliphatic rings. The van der Waals surface area contributed by atoms with Gasteiger partial charge < -0.3 is 10.1 Å².